The second-order valence-corrected chi connectivity index (χ2v) is 7.35. The zero-order chi connectivity index (χ0) is 9.57. The van der Waals surface area contributed by atoms with Gasteiger partial charge in [-0.15, -0.1) is 0 Å². The Labute approximate surface area is 97.0 Å². The molecule has 0 amide bonds. The first-order chi connectivity index (χ1) is 6.21. The van der Waals surface area contributed by atoms with E-state index in [0.29, 0.717) is 3.42 Å². The molecule has 0 aromatic rings. The molecule has 0 nitrogen and oxygen atoms in total. The van der Waals surface area contributed by atoms with E-state index >= 15 is 0 Å². The first-order valence-electron chi connectivity index (χ1n) is 5.90. The van der Waals surface area contributed by atoms with Crippen LogP contribution in [0.15, 0.2) is 0 Å². The molecule has 0 aromatic carbocycles. The molecule has 0 N–H and O–H groups in total. The Morgan fingerprint density at radius 2 is 1.00 bits per heavy atom. The van der Waals surface area contributed by atoms with Crippen LogP contribution in [0.3, 0.4) is 0 Å². The Morgan fingerprint density at radius 3 is 1.38 bits per heavy atom. The van der Waals surface area contributed by atoms with Crippen molar-refractivity contribution in [1.29, 1.82) is 0 Å². The first kappa shape index (κ1) is 11.8. The second-order valence-electron chi connectivity index (χ2n) is 4.74. The molecule has 1 aliphatic rings. The van der Waals surface area contributed by atoms with Gasteiger partial charge in [-0.3, -0.25) is 0 Å². The molecule has 78 valence electrons. The lowest BCUT2D eigenvalue weighted by atomic mass is 9.97. The third-order valence-corrected chi connectivity index (χ3v) is 4.22. The summed E-state index contributed by atoms with van der Waals surface area (Å²) in [5.41, 5.74) is 0. The summed E-state index contributed by atoms with van der Waals surface area (Å²) in [7, 11) is 0. The molecule has 0 bridgehead atoms. The molecule has 0 saturated heterocycles. The molecule has 1 fully saturated rings. The van der Waals surface area contributed by atoms with Crippen LogP contribution in [0.2, 0.25) is 0 Å². The van der Waals surface area contributed by atoms with Gasteiger partial charge in [0.25, 0.3) is 0 Å². The predicted octanol–water partition coefficient (Wildman–Crippen LogP) is 5.09. The van der Waals surface area contributed by atoms with Crippen LogP contribution in [0, 0.1) is 0 Å². The van der Waals surface area contributed by atoms with E-state index in [1.807, 2.05) is 0 Å². The Kier molecular flexibility index (Phi) is 5.68. The van der Waals surface area contributed by atoms with Gasteiger partial charge in [0.1, 0.15) is 0 Å². The summed E-state index contributed by atoms with van der Waals surface area (Å²) < 4.78 is 0.599. The molecule has 0 atom stereocenters. The summed E-state index contributed by atoms with van der Waals surface area (Å²) >= 11 is 2.68. The largest absolute Gasteiger partial charge is 0.0792 e. The van der Waals surface area contributed by atoms with Crippen molar-refractivity contribution in [1.82, 2.24) is 0 Å². The minimum atomic E-state index is 0.599. The average molecular weight is 294 g/mol. The van der Waals surface area contributed by atoms with Crippen LogP contribution in [-0.2, 0) is 0 Å². The molecule has 0 aliphatic heterocycles. The Bertz CT molecular complexity index is 115. The minimum absolute atomic E-state index is 0.599. The lowest BCUT2D eigenvalue weighted by Gasteiger charge is -2.21. The molecule has 0 aromatic heterocycles. The summed E-state index contributed by atoms with van der Waals surface area (Å²) in [4.78, 5) is 0. The second kappa shape index (κ2) is 6.26. The predicted molar refractivity (Wildman–Crippen MR) is 68.6 cm³/mol. The number of rotatable bonds is 0. The van der Waals surface area contributed by atoms with Crippen LogP contribution in [0.25, 0.3) is 0 Å². The molecule has 0 spiro atoms. The molecule has 1 rings (SSSR count). The maximum Gasteiger partial charge on any atom is 0.0194 e. The molecule has 13 heavy (non-hydrogen) atoms. The van der Waals surface area contributed by atoms with Crippen LogP contribution >= 0.6 is 22.6 Å². The first-order valence-corrected chi connectivity index (χ1v) is 6.97. The molecule has 0 unspecified atom stereocenters. The van der Waals surface area contributed by atoms with Gasteiger partial charge in [-0.1, -0.05) is 80.9 Å². The normalized spacial score (nSPS) is 26.3. The van der Waals surface area contributed by atoms with Gasteiger partial charge < -0.3 is 0 Å². The summed E-state index contributed by atoms with van der Waals surface area (Å²) in [6.45, 7) is 2.44. The quantitative estimate of drug-likeness (QED) is 0.431. The van der Waals surface area contributed by atoms with E-state index in [-0.39, 0.29) is 0 Å². The SMILES string of the molecule is CC1(I)CCCCCCCCCC1. The van der Waals surface area contributed by atoms with Gasteiger partial charge in [0, 0.05) is 3.42 Å². The fraction of sp³-hybridized carbons (Fsp3) is 1.00. The van der Waals surface area contributed by atoms with E-state index in [9.17, 15) is 0 Å². The van der Waals surface area contributed by atoms with Crippen molar-refractivity contribution in [3.05, 3.63) is 0 Å². The number of hydrogen-bond donors (Lipinski definition) is 0. The summed E-state index contributed by atoms with van der Waals surface area (Å²) in [5, 5.41) is 0. The Morgan fingerprint density at radius 1 is 0.692 bits per heavy atom. The van der Waals surface area contributed by atoms with Crippen LogP contribution in [0.1, 0.15) is 71.1 Å². The van der Waals surface area contributed by atoms with Gasteiger partial charge in [0.05, 0.1) is 0 Å². The Balaban J connectivity index is 2.27. The molecular formula is C12H23I. The highest BCUT2D eigenvalue weighted by molar-refractivity contribution is 14.1. The number of halogens is 1. The zero-order valence-electron chi connectivity index (χ0n) is 8.95. The molecule has 1 saturated carbocycles. The maximum absolute atomic E-state index is 2.68. The molecule has 1 heteroatoms. The van der Waals surface area contributed by atoms with E-state index in [0.717, 1.165) is 0 Å². The van der Waals surface area contributed by atoms with Crippen molar-refractivity contribution in [2.24, 2.45) is 0 Å². The lowest BCUT2D eigenvalue weighted by Crippen LogP contribution is -2.14. The van der Waals surface area contributed by atoms with Crippen LogP contribution in [0.4, 0.5) is 0 Å². The van der Waals surface area contributed by atoms with Crippen LogP contribution in [0.5, 0.6) is 0 Å². The van der Waals surface area contributed by atoms with Gasteiger partial charge in [0.2, 0.25) is 0 Å². The fourth-order valence-corrected chi connectivity index (χ4v) is 2.94. The summed E-state index contributed by atoms with van der Waals surface area (Å²) in [6, 6.07) is 0. The zero-order valence-corrected chi connectivity index (χ0v) is 11.1. The standard InChI is InChI=1S/C12H23I/c1-12(13)10-8-6-4-2-3-5-7-9-11-12/h2-11H2,1H3. The van der Waals surface area contributed by atoms with Gasteiger partial charge in [-0.25, -0.2) is 0 Å². The highest BCUT2D eigenvalue weighted by atomic mass is 127. The number of alkyl halides is 1. The Hall–Kier alpha value is 0.730. The summed E-state index contributed by atoms with van der Waals surface area (Å²) in [6.07, 6.45) is 14.7. The third-order valence-electron chi connectivity index (χ3n) is 3.15. The van der Waals surface area contributed by atoms with E-state index in [2.05, 4.69) is 29.5 Å². The summed E-state index contributed by atoms with van der Waals surface area (Å²) in [5.74, 6) is 0. The monoisotopic (exact) mass is 294 g/mol. The fourth-order valence-electron chi connectivity index (χ4n) is 2.17. The van der Waals surface area contributed by atoms with Crippen LogP contribution in [-0.4, -0.2) is 3.42 Å². The van der Waals surface area contributed by atoms with Crippen molar-refractivity contribution >= 4 is 22.6 Å². The van der Waals surface area contributed by atoms with E-state index in [4.69, 9.17) is 0 Å². The topological polar surface area (TPSA) is 0 Å². The molecule has 0 heterocycles. The van der Waals surface area contributed by atoms with Gasteiger partial charge >= 0.3 is 0 Å². The van der Waals surface area contributed by atoms with E-state index in [1.165, 1.54) is 64.2 Å². The van der Waals surface area contributed by atoms with Crippen molar-refractivity contribution in [2.45, 2.75) is 74.6 Å². The van der Waals surface area contributed by atoms with Crippen molar-refractivity contribution in [2.75, 3.05) is 0 Å². The van der Waals surface area contributed by atoms with Gasteiger partial charge in [-0.2, -0.15) is 0 Å². The van der Waals surface area contributed by atoms with Crippen molar-refractivity contribution in [3.8, 4) is 0 Å². The third kappa shape index (κ3) is 5.92. The lowest BCUT2D eigenvalue weighted by molar-refractivity contribution is 0.509. The maximum atomic E-state index is 2.68. The average Bonchev–Trinajstić information content (AvgIpc) is 2.10. The van der Waals surface area contributed by atoms with Crippen molar-refractivity contribution < 1.29 is 0 Å². The van der Waals surface area contributed by atoms with Crippen molar-refractivity contribution in [3.63, 3.8) is 0 Å². The van der Waals surface area contributed by atoms with E-state index in [1.54, 1.807) is 0 Å². The van der Waals surface area contributed by atoms with Crippen LogP contribution < -0.4 is 0 Å². The van der Waals surface area contributed by atoms with E-state index < -0.39 is 0 Å². The highest BCUT2D eigenvalue weighted by Crippen LogP contribution is 2.32. The highest BCUT2D eigenvalue weighted by Gasteiger charge is 2.18. The number of hydrogen-bond acceptors (Lipinski definition) is 0. The van der Waals surface area contributed by atoms with Gasteiger partial charge in [-0.05, 0) is 12.8 Å². The molecule has 0 radical (unpaired) electrons. The minimum Gasteiger partial charge on any atom is -0.0792 e. The smallest absolute Gasteiger partial charge is 0.0194 e. The molecule has 1 aliphatic carbocycles. The van der Waals surface area contributed by atoms with Gasteiger partial charge in [0.15, 0.2) is 0 Å². The molecular weight excluding hydrogens is 271 g/mol.